The summed E-state index contributed by atoms with van der Waals surface area (Å²) in [6, 6.07) is 7.74. The first-order valence-corrected chi connectivity index (χ1v) is 8.10. The van der Waals surface area contributed by atoms with E-state index in [4.69, 9.17) is 10.5 Å². The summed E-state index contributed by atoms with van der Waals surface area (Å²) in [6.07, 6.45) is 2.65. The number of hydrogen-bond donors (Lipinski definition) is 1. The number of rotatable bonds is 5. The Kier molecular flexibility index (Phi) is 4.98. The van der Waals surface area contributed by atoms with Crippen molar-refractivity contribution in [2.24, 2.45) is 0 Å². The van der Waals surface area contributed by atoms with E-state index < -0.39 is 12.6 Å². The second-order valence-electron chi connectivity index (χ2n) is 5.89. The molecule has 0 atom stereocenters. The summed E-state index contributed by atoms with van der Waals surface area (Å²) in [4.78, 5) is 32.1. The first-order valence-electron chi connectivity index (χ1n) is 8.10. The summed E-state index contributed by atoms with van der Waals surface area (Å²) >= 11 is 0. The molecule has 0 radical (unpaired) electrons. The Labute approximate surface area is 154 Å². The fraction of sp³-hybridized carbons (Fsp3) is 0.158. The number of hydrogen-bond acceptors (Lipinski definition) is 6. The Hall–Kier alpha value is -3.55. The van der Waals surface area contributed by atoms with Crippen LogP contribution < -0.4 is 5.73 Å². The zero-order valence-electron chi connectivity index (χ0n) is 14.8. The Morgan fingerprint density at radius 3 is 2.63 bits per heavy atom. The molecule has 2 N–H and O–H groups in total. The molecular formula is C19H17FN4O3. The largest absolute Gasteiger partial charge is 0.452 e. The minimum absolute atomic E-state index is 0.0702. The first-order chi connectivity index (χ1) is 12.9. The van der Waals surface area contributed by atoms with Gasteiger partial charge in [0.1, 0.15) is 5.82 Å². The number of ether oxygens (including phenoxy) is 1. The van der Waals surface area contributed by atoms with Crippen molar-refractivity contribution in [3.05, 3.63) is 71.2 Å². The van der Waals surface area contributed by atoms with Crippen LogP contribution in [0.15, 0.2) is 42.7 Å². The minimum atomic E-state index is -0.826. The van der Waals surface area contributed by atoms with Gasteiger partial charge >= 0.3 is 5.97 Å². The number of aryl methyl sites for hydroxylation is 1. The van der Waals surface area contributed by atoms with Crippen molar-refractivity contribution in [3.63, 3.8) is 0 Å². The highest BCUT2D eigenvalue weighted by Gasteiger charge is 2.20. The molecule has 0 spiro atoms. The Bertz CT molecular complexity index is 1030. The van der Waals surface area contributed by atoms with Crippen LogP contribution in [0.2, 0.25) is 0 Å². The van der Waals surface area contributed by atoms with Crippen LogP contribution in [0.1, 0.15) is 32.2 Å². The van der Waals surface area contributed by atoms with Crippen LogP contribution in [0, 0.1) is 19.7 Å². The molecule has 2 heterocycles. The molecule has 0 aliphatic carbocycles. The number of halogens is 1. The third-order valence-corrected chi connectivity index (χ3v) is 4.05. The maximum Gasteiger partial charge on any atom is 0.361 e. The van der Waals surface area contributed by atoms with Gasteiger partial charge in [0, 0.05) is 35.0 Å². The van der Waals surface area contributed by atoms with Gasteiger partial charge in [-0.25, -0.2) is 19.2 Å². The summed E-state index contributed by atoms with van der Waals surface area (Å²) in [5, 5.41) is 0. The van der Waals surface area contributed by atoms with Crippen LogP contribution >= 0.6 is 0 Å². The second-order valence-corrected chi connectivity index (χ2v) is 5.89. The average molecular weight is 368 g/mol. The number of esters is 1. The van der Waals surface area contributed by atoms with Crippen molar-refractivity contribution in [2.45, 2.75) is 13.8 Å². The quantitative estimate of drug-likeness (QED) is 0.549. The molecule has 1 aromatic carbocycles. The second kappa shape index (κ2) is 7.36. The summed E-state index contributed by atoms with van der Waals surface area (Å²) < 4.78 is 20.3. The highest BCUT2D eigenvalue weighted by atomic mass is 19.1. The number of carbonyl (C=O) groups excluding carboxylic acids is 2. The van der Waals surface area contributed by atoms with Gasteiger partial charge in [-0.1, -0.05) is 6.07 Å². The molecule has 0 saturated heterocycles. The highest BCUT2D eigenvalue weighted by Crippen LogP contribution is 2.22. The van der Waals surface area contributed by atoms with E-state index >= 15 is 0 Å². The van der Waals surface area contributed by atoms with E-state index in [1.807, 2.05) is 0 Å². The van der Waals surface area contributed by atoms with E-state index in [9.17, 15) is 14.0 Å². The maximum atomic E-state index is 13.5. The van der Waals surface area contributed by atoms with Crippen LogP contribution in [0.25, 0.3) is 5.69 Å². The van der Waals surface area contributed by atoms with Gasteiger partial charge < -0.3 is 15.0 Å². The number of benzene rings is 1. The van der Waals surface area contributed by atoms with Crippen molar-refractivity contribution in [3.8, 4) is 5.69 Å². The van der Waals surface area contributed by atoms with Crippen molar-refractivity contribution in [1.82, 2.24) is 14.5 Å². The predicted molar refractivity (Wildman–Crippen MR) is 96.3 cm³/mol. The van der Waals surface area contributed by atoms with Crippen molar-refractivity contribution >= 4 is 17.6 Å². The van der Waals surface area contributed by atoms with E-state index in [-0.39, 0.29) is 23.1 Å². The average Bonchev–Trinajstić information content (AvgIpc) is 2.94. The van der Waals surface area contributed by atoms with E-state index in [1.165, 1.54) is 24.5 Å². The van der Waals surface area contributed by atoms with Crippen LogP contribution in [0.4, 0.5) is 10.2 Å². The molecule has 0 saturated carbocycles. The molecule has 3 rings (SSSR count). The van der Waals surface area contributed by atoms with Gasteiger partial charge in [-0.15, -0.1) is 0 Å². The Morgan fingerprint density at radius 2 is 1.93 bits per heavy atom. The van der Waals surface area contributed by atoms with Gasteiger partial charge in [-0.2, -0.15) is 0 Å². The van der Waals surface area contributed by atoms with E-state index in [0.717, 1.165) is 5.69 Å². The lowest BCUT2D eigenvalue weighted by atomic mass is 10.1. The number of carbonyl (C=O) groups is 2. The van der Waals surface area contributed by atoms with Crippen molar-refractivity contribution in [1.29, 1.82) is 0 Å². The fourth-order valence-electron chi connectivity index (χ4n) is 2.84. The lowest BCUT2D eigenvalue weighted by Crippen LogP contribution is -2.17. The zero-order valence-corrected chi connectivity index (χ0v) is 14.8. The van der Waals surface area contributed by atoms with Gasteiger partial charge in [-0.3, -0.25) is 4.79 Å². The first kappa shape index (κ1) is 18.2. The third kappa shape index (κ3) is 3.69. The maximum absolute atomic E-state index is 13.5. The van der Waals surface area contributed by atoms with Crippen LogP contribution in [-0.2, 0) is 4.74 Å². The number of nitrogens with zero attached hydrogens (tertiary/aromatic N) is 3. The van der Waals surface area contributed by atoms with Crippen molar-refractivity contribution < 1.29 is 18.7 Å². The Morgan fingerprint density at radius 1 is 1.19 bits per heavy atom. The molecule has 0 aliphatic rings. The lowest BCUT2D eigenvalue weighted by Gasteiger charge is -2.10. The molecule has 2 aromatic heterocycles. The van der Waals surface area contributed by atoms with Crippen LogP contribution in [0.3, 0.4) is 0 Å². The lowest BCUT2D eigenvalue weighted by molar-refractivity contribution is 0.0469. The number of ketones is 1. The summed E-state index contributed by atoms with van der Waals surface area (Å²) in [5.41, 5.74) is 7.80. The van der Waals surface area contributed by atoms with Gasteiger partial charge in [0.15, 0.2) is 18.1 Å². The minimum Gasteiger partial charge on any atom is -0.452 e. The number of nitrogens with two attached hydrogens (primary N) is 1. The molecule has 0 aliphatic heterocycles. The summed E-state index contributed by atoms with van der Waals surface area (Å²) in [6.45, 7) is 3.08. The molecule has 0 amide bonds. The topological polar surface area (TPSA) is 100 Å². The molecule has 0 fully saturated rings. The normalized spacial score (nSPS) is 10.6. The molecule has 27 heavy (non-hydrogen) atoms. The molecule has 3 aromatic rings. The molecular weight excluding hydrogens is 351 g/mol. The third-order valence-electron chi connectivity index (χ3n) is 4.05. The highest BCUT2D eigenvalue weighted by molar-refractivity contribution is 6.01. The monoisotopic (exact) mass is 368 g/mol. The SMILES string of the molecule is Cc1cc(C(=O)COC(=O)c2nccnc2N)c(C)n1-c1cccc(F)c1. The predicted octanol–water partition coefficient (Wildman–Crippen LogP) is 2.65. The van der Waals surface area contributed by atoms with Crippen molar-refractivity contribution in [2.75, 3.05) is 12.3 Å². The van der Waals surface area contributed by atoms with E-state index in [0.29, 0.717) is 16.9 Å². The number of Topliss-reactive ketones (excluding diaryl/α,β-unsaturated/α-hetero) is 1. The summed E-state index contributed by atoms with van der Waals surface area (Å²) in [7, 11) is 0. The van der Waals surface area contributed by atoms with Gasteiger partial charge in [0.2, 0.25) is 5.78 Å². The fourth-order valence-corrected chi connectivity index (χ4v) is 2.84. The van der Waals surface area contributed by atoms with Crippen LogP contribution in [-0.4, -0.2) is 32.9 Å². The molecule has 138 valence electrons. The molecule has 0 bridgehead atoms. The summed E-state index contributed by atoms with van der Waals surface area (Å²) in [5.74, 6) is -1.66. The smallest absolute Gasteiger partial charge is 0.361 e. The van der Waals surface area contributed by atoms with Gasteiger partial charge in [0.05, 0.1) is 0 Å². The van der Waals surface area contributed by atoms with Crippen LogP contribution in [0.5, 0.6) is 0 Å². The standard InChI is InChI=1S/C19H17FN4O3/c1-11-8-15(12(2)24(11)14-5-3-4-13(20)9-14)16(25)10-27-19(26)17-18(21)23-7-6-22-17/h3-9H,10H2,1-2H3,(H2,21,23). The molecule has 0 unspecified atom stereocenters. The zero-order chi connectivity index (χ0) is 19.6. The van der Waals surface area contributed by atoms with Gasteiger partial charge in [0.25, 0.3) is 0 Å². The van der Waals surface area contributed by atoms with E-state index in [2.05, 4.69) is 9.97 Å². The Balaban J connectivity index is 1.79. The van der Waals surface area contributed by atoms with Gasteiger partial charge in [-0.05, 0) is 38.1 Å². The number of anilines is 1. The van der Waals surface area contributed by atoms with E-state index in [1.54, 1.807) is 36.6 Å². The molecule has 7 nitrogen and oxygen atoms in total. The molecule has 8 heteroatoms. The number of nitrogen functional groups attached to an aromatic ring is 1. The number of aromatic nitrogens is 3.